The molecule has 2 rings (SSSR count). The molecule has 4 heteroatoms. The minimum absolute atomic E-state index is 0.00458. The van der Waals surface area contributed by atoms with Gasteiger partial charge in [-0.15, -0.1) is 0 Å². The number of hydrogen-bond donors (Lipinski definition) is 0. The topological polar surface area (TPSA) is 39.8 Å². The molecule has 0 atom stereocenters. The van der Waals surface area contributed by atoms with Crippen LogP contribution in [-0.2, 0) is 13.6 Å². The van der Waals surface area contributed by atoms with E-state index in [4.69, 9.17) is 0 Å². The third-order valence-corrected chi connectivity index (χ3v) is 2.97. The monoisotopic (exact) mass is 259 g/mol. The molecular weight excluding hydrogens is 238 g/mol. The van der Waals surface area contributed by atoms with Gasteiger partial charge in [0.05, 0.1) is 11.2 Å². The van der Waals surface area contributed by atoms with E-state index in [0.29, 0.717) is 6.54 Å². The quantitative estimate of drug-likeness (QED) is 0.832. The van der Waals surface area contributed by atoms with Crippen molar-refractivity contribution in [2.75, 3.05) is 0 Å². The zero-order valence-corrected chi connectivity index (χ0v) is 12.3. The van der Waals surface area contributed by atoms with Crippen molar-refractivity contribution >= 4 is 17.2 Å². The van der Waals surface area contributed by atoms with Crippen molar-refractivity contribution in [3.05, 3.63) is 34.4 Å². The Hall–Kier alpha value is -1.84. The largest absolute Gasteiger partial charge is 0.330 e. The van der Waals surface area contributed by atoms with E-state index in [1.54, 1.807) is 11.6 Å². The van der Waals surface area contributed by atoms with E-state index in [0.717, 1.165) is 16.9 Å². The van der Waals surface area contributed by atoms with Gasteiger partial charge in [-0.3, -0.25) is 9.13 Å². The summed E-state index contributed by atoms with van der Waals surface area (Å²) >= 11 is 0. The first kappa shape index (κ1) is 13.6. The van der Waals surface area contributed by atoms with Crippen LogP contribution in [0.15, 0.2) is 23.0 Å². The minimum atomic E-state index is -0.00458. The summed E-state index contributed by atoms with van der Waals surface area (Å²) < 4.78 is 3.43. The van der Waals surface area contributed by atoms with E-state index >= 15 is 0 Å². The zero-order valence-electron chi connectivity index (χ0n) is 12.3. The highest BCUT2D eigenvalue weighted by atomic mass is 16.1. The number of pyridine rings is 1. The van der Waals surface area contributed by atoms with E-state index in [-0.39, 0.29) is 11.1 Å². The molecule has 0 amide bonds. The summed E-state index contributed by atoms with van der Waals surface area (Å²) in [4.78, 5) is 16.8. The second-order valence-corrected chi connectivity index (χ2v) is 6.07. The molecule has 2 heterocycles. The third-order valence-electron chi connectivity index (χ3n) is 2.97. The van der Waals surface area contributed by atoms with Crippen molar-refractivity contribution in [1.82, 2.24) is 14.1 Å². The van der Waals surface area contributed by atoms with Crippen LogP contribution in [0.1, 0.15) is 33.4 Å². The van der Waals surface area contributed by atoms with Crippen LogP contribution in [0.4, 0.5) is 0 Å². The lowest BCUT2D eigenvalue weighted by Gasteiger charge is -2.18. The maximum Gasteiger partial charge on any atom is 0.330 e. The molecular formula is C15H21N3O. The zero-order chi connectivity index (χ0) is 14.2. The van der Waals surface area contributed by atoms with Gasteiger partial charge in [0.25, 0.3) is 0 Å². The molecule has 0 N–H and O–H groups in total. The van der Waals surface area contributed by atoms with Gasteiger partial charge >= 0.3 is 5.69 Å². The summed E-state index contributed by atoms with van der Waals surface area (Å²) in [5.74, 6) is 0. The lowest BCUT2D eigenvalue weighted by Crippen LogP contribution is -2.27. The Morgan fingerprint density at radius 2 is 2.00 bits per heavy atom. The first-order valence-corrected chi connectivity index (χ1v) is 6.52. The predicted octanol–water partition coefficient (Wildman–Crippen LogP) is 2.81. The summed E-state index contributed by atoms with van der Waals surface area (Å²) in [7, 11) is 1.77. The number of rotatable bonds is 2. The summed E-state index contributed by atoms with van der Waals surface area (Å²) in [6.45, 7) is 9.02. The Kier molecular flexibility index (Phi) is 3.35. The van der Waals surface area contributed by atoms with E-state index in [9.17, 15) is 4.79 Å². The molecule has 0 saturated carbocycles. The molecule has 0 aliphatic heterocycles. The van der Waals surface area contributed by atoms with Crippen molar-refractivity contribution in [2.45, 2.75) is 34.2 Å². The molecule has 0 unspecified atom stereocenters. The molecule has 0 spiro atoms. The fourth-order valence-electron chi connectivity index (χ4n) is 2.18. The SMILES string of the molecule is C/C=C/c1ccc2c(n1)n(C)c(=O)n2CC(C)(C)C. The second-order valence-electron chi connectivity index (χ2n) is 6.07. The average molecular weight is 259 g/mol. The molecule has 0 aliphatic carbocycles. The van der Waals surface area contributed by atoms with Crippen LogP contribution in [0.2, 0.25) is 0 Å². The van der Waals surface area contributed by atoms with Crippen molar-refractivity contribution in [1.29, 1.82) is 0 Å². The van der Waals surface area contributed by atoms with Gasteiger partial charge in [0.15, 0.2) is 5.65 Å². The molecule has 19 heavy (non-hydrogen) atoms. The highest BCUT2D eigenvalue weighted by molar-refractivity contribution is 5.73. The van der Waals surface area contributed by atoms with E-state index in [1.165, 1.54) is 0 Å². The molecule has 0 aliphatic rings. The highest BCUT2D eigenvalue weighted by Gasteiger charge is 2.18. The molecule has 0 radical (unpaired) electrons. The van der Waals surface area contributed by atoms with Crippen LogP contribution in [0.5, 0.6) is 0 Å². The number of allylic oxidation sites excluding steroid dienone is 1. The number of fused-ring (bicyclic) bond motifs is 1. The van der Waals surface area contributed by atoms with E-state index < -0.39 is 0 Å². The normalized spacial score (nSPS) is 12.7. The van der Waals surface area contributed by atoms with Crippen molar-refractivity contribution < 1.29 is 0 Å². The van der Waals surface area contributed by atoms with Gasteiger partial charge in [-0.05, 0) is 30.5 Å². The number of aromatic nitrogens is 3. The summed E-state index contributed by atoms with van der Waals surface area (Å²) in [5, 5.41) is 0. The van der Waals surface area contributed by atoms with E-state index in [2.05, 4.69) is 25.8 Å². The smallest absolute Gasteiger partial charge is 0.290 e. The Bertz CT molecular complexity index is 684. The van der Waals surface area contributed by atoms with Gasteiger partial charge in [0.2, 0.25) is 0 Å². The lowest BCUT2D eigenvalue weighted by molar-refractivity contribution is 0.342. The molecule has 2 aromatic rings. The van der Waals surface area contributed by atoms with Crippen LogP contribution in [0.25, 0.3) is 17.2 Å². The lowest BCUT2D eigenvalue weighted by atomic mass is 9.97. The number of hydrogen-bond acceptors (Lipinski definition) is 2. The van der Waals surface area contributed by atoms with Gasteiger partial charge in [0.1, 0.15) is 0 Å². The Balaban J connectivity index is 2.67. The van der Waals surface area contributed by atoms with Gasteiger partial charge in [0, 0.05) is 13.6 Å². The summed E-state index contributed by atoms with van der Waals surface area (Å²) in [5.41, 5.74) is 2.56. The van der Waals surface area contributed by atoms with Crippen LogP contribution in [0.3, 0.4) is 0 Å². The number of nitrogens with zero attached hydrogens (tertiary/aromatic N) is 3. The Labute approximate surface area is 113 Å². The van der Waals surface area contributed by atoms with Gasteiger partial charge in [-0.1, -0.05) is 26.8 Å². The Morgan fingerprint density at radius 1 is 1.32 bits per heavy atom. The van der Waals surface area contributed by atoms with Crippen LogP contribution in [-0.4, -0.2) is 14.1 Å². The maximum absolute atomic E-state index is 12.3. The van der Waals surface area contributed by atoms with Crippen molar-refractivity contribution in [3.8, 4) is 0 Å². The molecule has 0 saturated heterocycles. The maximum atomic E-state index is 12.3. The van der Waals surface area contributed by atoms with Crippen molar-refractivity contribution in [3.63, 3.8) is 0 Å². The first-order valence-electron chi connectivity index (χ1n) is 6.52. The van der Waals surface area contributed by atoms with Gasteiger partial charge in [-0.25, -0.2) is 9.78 Å². The fraction of sp³-hybridized carbons (Fsp3) is 0.467. The molecule has 4 nitrogen and oxygen atoms in total. The highest BCUT2D eigenvalue weighted by Crippen LogP contribution is 2.19. The Morgan fingerprint density at radius 3 is 2.58 bits per heavy atom. The minimum Gasteiger partial charge on any atom is -0.290 e. The molecule has 102 valence electrons. The average Bonchev–Trinajstić information content (AvgIpc) is 2.53. The third kappa shape index (κ3) is 2.62. The number of aryl methyl sites for hydroxylation is 1. The van der Waals surface area contributed by atoms with Gasteiger partial charge < -0.3 is 0 Å². The van der Waals surface area contributed by atoms with Crippen LogP contribution < -0.4 is 5.69 Å². The van der Waals surface area contributed by atoms with Crippen molar-refractivity contribution in [2.24, 2.45) is 12.5 Å². The summed E-state index contributed by atoms with van der Waals surface area (Å²) in [6, 6.07) is 3.92. The standard InChI is InChI=1S/C15H21N3O/c1-6-7-11-8-9-12-13(16-11)17(5)14(19)18(12)10-15(2,3)4/h6-9H,10H2,1-5H3/b7-6+. The molecule has 0 fully saturated rings. The van der Waals surface area contributed by atoms with E-state index in [1.807, 2.05) is 35.8 Å². The molecule has 0 bridgehead atoms. The van der Waals surface area contributed by atoms with Gasteiger partial charge in [-0.2, -0.15) is 0 Å². The first-order chi connectivity index (χ1) is 8.83. The second kappa shape index (κ2) is 4.68. The molecule has 2 aromatic heterocycles. The fourth-order valence-corrected chi connectivity index (χ4v) is 2.18. The molecule has 0 aromatic carbocycles. The number of imidazole rings is 1. The van der Waals surface area contributed by atoms with Crippen LogP contribution in [0, 0.1) is 5.41 Å². The predicted molar refractivity (Wildman–Crippen MR) is 79.1 cm³/mol. The van der Waals surface area contributed by atoms with Crippen LogP contribution >= 0.6 is 0 Å². The summed E-state index contributed by atoms with van der Waals surface area (Å²) in [6.07, 6.45) is 3.88.